The Labute approximate surface area is 164 Å². The molecule has 2 aliphatic rings. The standard InChI is InChI=1S/C21H22F2N2O.ClH/c1-13-4-2-3-5-17(13)21-18-11-24-10-15(18)12-25(21)20(26)8-14-6-7-16(22)9-19(14)23;/h2-7,9,15,18,21,24H,8,10-12H2,1H3;1H/t15-,18-,21+;/m0./s1. The molecule has 0 aliphatic carbocycles. The highest BCUT2D eigenvalue weighted by Gasteiger charge is 2.46. The Morgan fingerprint density at radius 3 is 2.70 bits per heavy atom. The largest absolute Gasteiger partial charge is 0.335 e. The van der Waals surface area contributed by atoms with Gasteiger partial charge in [-0.2, -0.15) is 0 Å². The Morgan fingerprint density at radius 1 is 1.19 bits per heavy atom. The average Bonchev–Trinajstić information content (AvgIpc) is 3.19. The molecule has 3 nitrogen and oxygen atoms in total. The summed E-state index contributed by atoms with van der Waals surface area (Å²) in [7, 11) is 0. The molecule has 6 heteroatoms. The van der Waals surface area contributed by atoms with Crippen LogP contribution in [0.4, 0.5) is 8.78 Å². The molecule has 1 amide bonds. The van der Waals surface area contributed by atoms with Gasteiger partial charge in [-0.05, 0) is 35.6 Å². The molecule has 3 atom stereocenters. The van der Waals surface area contributed by atoms with E-state index in [-0.39, 0.29) is 36.3 Å². The van der Waals surface area contributed by atoms with Crippen molar-refractivity contribution >= 4 is 18.3 Å². The Balaban J connectivity index is 0.00000210. The summed E-state index contributed by atoms with van der Waals surface area (Å²) in [5.74, 6) is -0.594. The molecule has 144 valence electrons. The second-order valence-electron chi connectivity index (χ2n) is 7.34. The lowest BCUT2D eigenvalue weighted by Crippen LogP contribution is -2.36. The summed E-state index contributed by atoms with van der Waals surface area (Å²) in [6.45, 7) is 4.53. The third kappa shape index (κ3) is 3.71. The number of halogens is 3. The highest BCUT2D eigenvalue weighted by molar-refractivity contribution is 5.85. The predicted molar refractivity (Wildman–Crippen MR) is 103 cm³/mol. The van der Waals surface area contributed by atoms with Gasteiger partial charge in [0.05, 0.1) is 12.5 Å². The number of fused-ring (bicyclic) bond motifs is 1. The first-order chi connectivity index (χ1) is 12.5. The minimum Gasteiger partial charge on any atom is -0.335 e. The maximum atomic E-state index is 14.0. The smallest absolute Gasteiger partial charge is 0.227 e. The number of benzene rings is 2. The summed E-state index contributed by atoms with van der Waals surface area (Å²) in [6, 6.07) is 11.6. The number of hydrogen-bond acceptors (Lipinski definition) is 2. The number of carbonyl (C=O) groups is 1. The lowest BCUT2D eigenvalue weighted by molar-refractivity contribution is -0.132. The van der Waals surface area contributed by atoms with Crippen LogP contribution in [0.5, 0.6) is 0 Å². The maximum Gasteiger partial charge on any atom is 0.227 e. The van der Waals surface area contributed by atoms with Crippen molar-refractivity contribution in [1.29, 1.82) is 0 Å². The fourth-order valence-electron chi connectivity index (χ4n) is 4.42. The van der Waals surface area contributed by atoms with Gasteiger partial charge in [0.25, 0.3) is 0 Å². The molecule has 4 rings (SSSR count). The lowest BCUT2D eigenvalue weighted by atomic mass is 9.87. The Morgan fingerprint density at radius 2 is 1.96 bits per heavy atom. The molecule has 2 fully saturated rings. The van der Waals surface area contributed by atoms with Gasteiger partial charge in [-0.15, -0.1) is 12.4 Å². The van der Waals surface area contributed by atoms with E-state index in [1.165, 1.54) is 12.1 Å². The van der Waals surface area contributed by atoms with Gasteiger partial charge in [0.1, 0.15) is 11.6 Å². The van der Waals surface area contributed by atoms with E-state index in [4.69, 9.17) is 0 Å². The monoisotopic (exact) mass is 392 g/mol. The van der Waals surface area contributed by atoms with Crippen LogP contribution in [0, 0.1) is 30.4 Å². The first-order valence-electron chi connectivity index (χ1n) is 9.04. The zero-order valence-electron chi connectivity index (χ0n) is 15.1. The molecule has 2 aromatic carbocycles. The molecule has 0 unspecified atom stereocenters. The number of rotatable bonds is 3. The minimum atomic E-state index is -0.660. The van der Waals surface area contributed by atoms with Crippen LogP contribution in [-0.2, 0) is 11.2 Å². The van der Waals surface area contributed by atoms with Gasteiger partial charge >= 0.3 is 0 Å². The minimum absolute atomic E-state index is 0. The summed E-state index contributed by atoms with van der Waals surface area (Å²) >= 11 is 0. The van der Waals surface area contributed by atoms with Crippen LogP contribution in [0.25, 0.3) is 0 Å². The molecule has 27 heavy (non-hydrogen) atoms. The van der Waals surface area contributed by atoms with E-state index in [0.29, 0.717) is 18.4 Å². The van der Waals surface area contributed by atoms with Crippen LogP contribution in [0.1, 0.15) is 22.7 Å². The Bertz CT molecular complexity index is 845. The highest BCUT2D eigenvalue weighted by Crippen LogP contribution is 2.43. The molecule has 0 radical (unpaired) electrons. The number of aryl methyl sites for hydroxylation is 1. The summed E-state index contributed by atoms with van der Waals surface area (Å²) < 4.78 is 27.1. The zero-order valence-corrected chi connectivity index (χ0v) is 15.9. The van der Waals surface area contributed by atoms with Crippen LogP contribution in [0.15, 0.2) is 42.5 Å². The van der Waals surface area contributed by atoms with E-state index in [0.717, 1.165) is 30.3 Å². The molecule has 0 aromatic heterocycles. The second-order valence-corrected chi connectivity index (χ2v) is 7.34. The van der Waals surface area contributed by atoms with Crippen molar-refractivity contribution in [2.24, 2.45) is 11.8 Å². The third-order valence-electron chi connectivity index (χ3n) is 5.75. The van der Waals surface area contributed by atoms with Gasteiger partial charge in [0.15, 0.2) is 0 Å². The van der Waals surface area contributed by atoms with Crippen molar-refractivity contribution in [3.63, 3.8) is 0 Å². The number of carbonyl (C=O) groups excluding carboxylic acids is 1. The van der Waals surface area contributed by atoms with Crippen LogP contribution in [-0.4, -0.2) is 30.4 Å². The van der Waals surface area contributed by atoms with Crippen molar-refractivity contribution in [3.05, 3.63) is 70.8 Å². The number of likely N-dealkylation sites (tertiary alicyclic amines) is 1. The molecule has 0 saturated carbocycles. The van der Waals surface area contributed by atoms with E-state index in [2.05, 4.69) is 24.4 Å². The summed E-state index contributed by atoms with van der Waals surface area (Å²) in [5, 5.41) is 3.43. The number of nitrogens with one attached hydrogen (secondary N) is 1. The fraction of sp³-hybridized carbons (Fsp3) is 0.381. The van der Waals surface area contributed by atoms with Gasteiger partial charge in [0.2, 0.25) is 5.91 Å². The van der Waals surface area contributed by atoms with Gasteiger partial charge in [0, 0.05) is 31.6 Å². The quantitative estimate of drug-likeness (QED) is 0.864. The molecule has 2 saturated heterocycles. The highest BCUT2D eigenvalue weighted by atomic mass is 35.5. The lowest BCUT2D eigenvalue weighted by Gasteiger charge is -2.29. The van der Waals surface area contributed by atoms with Crippen molar-refractivity contribution in [1.82, 2.24) is 10.2 Å². The van der Waals surface area contributed by atoms with E-state index in [1.54, 1.807) is 0 Å². The fourth-order valence-corrected chi connectivity index (χ4v) is 4.42. The van der Waals surface area contributed by atoms with E-state index in [9.17, 15) is 13.6 Å². The molecular formula is C21H23ClF2N2O. The normalized spacial score (nSPS) is 23.8. The molecule has 2 aliphatic heterocycles. The molecule has 2 heterocycles. The van der Waals surface area contributed by atoms with Crippen molar-refractivity contribution in [2.45, 2.75) is 19.4 Å². The molecule has 1 N–H and O–H groups in total. The van der Waals surface area contributed by atoms with Crippen LogP contribution in [0.2, 0.25) is 0 Å². The average molecular weight is 393 g/mol. The van der Waals surface area contributed by atoms with E-state index in [1.807, 2.05) is 17.0 Å². The first-order valence-corrected chi connectivity index (χ1v) is 9.04. The number of amides is 1. The van der Waals surface area contributed by atoms with Crippen LogP contribution < -0.4 is 5.32 Å². The maximum absolute atomic E-state index is 14.0. The summed E-state index contributed by atoms with van der Waals surface area (Å²) in [6.07, 6.45) is -0.0403. The Hall–Kier alpha value is -1.98. The van der Waals surface area contributed by atoms with Crippen LogP contribution >= 0.6 is 12.4 Å². The van der Waals surface area contributed by atoms with E-state index >= 15 is 0 Å². The van der Waals surface area contributed by atoms with Crippen LogP contribution in [0.3, 0.4) is 0 Å². The molecule has 0 spiro atoms. The van der Waals surface area contributed by atoms with Crippen molar-refractivity contribution in [3.8, 4) is 0 Å². The molecule has 2 aromatic rings. The zero-order chi connectivity index (χ0) is 18.3. The van der Waals surface area contributed by atoms with Gasteiger partial charge in [-0.3, -0.25) is 4.79 Å². The van der Waals surface area contributed by atoms with Gasteiger partial charge in [-0.25, -0.2) is 8.78 Å². The number of hydrogen-bond donors (Lipinski definition) is 1. The topological polar surface area (TPSA) is 32.3 Å². The molecule has 0 bridgehead atoms. The second kappa shape index (κ2) is 7.95. The number of nitrogens with zero attached hydrogens (tertiary/aromatic N) is 1. The SMILES string of the molecule is Cc1ccccc1[C@@H]1[C@H]2CNC[C@H]2CN1C(=O)Cc1ccc(F)cc1F.Cl. The Kier molecular flexibility index (Phi) is 5.82. The van der Waals surface area contributed by atoms with E-state index < -0.39 is 11.6 Å². The van der Waals surface area contributed by atoms with Crippen molar-refractivity contribution < 1.29 is 13.6 Å². The molecular weight excluding hydrogens is 370 g/mol. The summed E-state index contributed by atoms with van der Waals surface area (Å²) in [5.41, 5.74) is 2.57. The predicted octanol–water partition coefficient (Wildman–Crippen LogP) is 3.66. The van der Waals surface area contributed by atoms with Gasteiger partial charge in [-0.1, -0.05) is 30.3 Å². The van der Waals surface area contributed by atoms with Gasteiger partial charge < -0.3 is 10.2 Å². The first kappa shape index (κ1) is 19.8. The third-order valence-corrected chi connectivity index (χ3v) is 5.75. The van der Waals surface area contributed by atoms with Crippen molar-refractivity contribution in [2.75, 3.05) is 19.6 Å². The summed E-state index contributed by atoms with van der Waals surface area (Å²) in [4.78, 5) is 14.9.